The molecule has 1 aliphatic rings. The lowest BCUT2D eigenvalue weighted by Gasteiger charge is -2.08. The lowest BCUT2D eigenvalue weighted by Crippen LogP contribution is -2.18. The normalized spacial score (nSPS) is 17.2. The van der Waals surface area contributed by atoms with E-state index in [0.717, 1.165) is 22.9 Å². The number of benzene rings is 1. The first-order valence-corrected chi connectivity index (χ1v) is 5.77. The number of aliphatic carboxylic acids is 1. The quantitative estimate of drug-likeness (QED) is 0.889. The summed E-state index contributed by atoms with van der Waals surface area (Å²) >= 11 is 3.36. The molecule has 0 saturated heterocycles. The minimum Gasteiger partial charge on any atom is -0.481 e. The first-order valence-electron chi connectivity index (χ1n) is 4.97. The number of rotatable bonds is 3. The van der Waals surface area contributed by atoms with Gasteiger partial charge < -0.3 is 15.6 Å². The fourth-order valence-electron chi connectivity index (χ4n) is 1.90. The van der Waals surface area contributed by atoms with Crippen LogP contribution in [0.25, 0.3) is 0 Å². The number of carbonyl (C=O) groups is 1. The highest BCUT2D eigenvalue weighted by molar-refractivity contribution is 9.10. The highest BCUT2D eigenvalue weighted by Gasteiger charge is 2.20. The number of halogens is 2. The highest BCUT2D eigenvalue weighted by Crippen LogP contribution is 2.32. The van der Waals surface area contributed by atoms with E-state index in [9.17, 15) is 4.79 Å². The third-order valence-electron chi connectivity index (χ3n) is 2.57. The monoisotopic (exact) mass is 321 g/mol. The van der Waals surface area contributed by atoms with Crippen molar-refractivity contribution in [2.45, 2.75) is 18.9 Å². The van der Waals surface area contributed by atoms with E-state index in [1.54, 1.807) is 0 Å². The summed E-state index contributed by atoms with van der Waals surface area (Å²) in [6.07, 6.45) is 1.69. The van der Waals surface area contributed by atoms with Gasteiger partial charge in [-0.2, -0.15) is 0 Å². The van der Waals surface area contributed by atoms with E-state index in [4.69, 9.17) is 15.6 Å². The average molecular weight is 323 g/mol. The predicted molar refractivity (Wildman–Crippen MR) is 69.9 cm³/mol. The van der Waals surface area contributed by atoms with Crippen molar-refractivity contribution in [2.24, 2.45) is 5.73 Å². The molecule has 94 valence electrons. The Morgan fingerprint density at radius 3 is 2.65 bits per heavy atom. The SMILES string of the molecule is Cl.NC1Cc2cc(Br)c(OCC(=O)O)cc2C1. The number of carboxylic acids is 1. The van der Waals surface area contributed by atoms with Gasteiger partial charge in [0.1, 0.15) is 5.75 Å². The van der Waals surface area contributed by atoms with Crippen LogP contribution in [0.2, 0.25) is 0 Å². The predicted octanol–water partition coefficient (Wildman–Crippen LogP) is 1.76. The number of ether oxygens (including phenoxy) is 1. The Morgan fingerprint density at radius 1 is 1.47 bits per heavy atom. The number of carboxylic acid groups (broad SMARTS) is 1. The van der Waals surface area contributed by atoms with Crippen LogP contribution in [0.15, 0.2) is 16.6 Å². The van der Waals surface area contributed by atoms with Crippen molar-refractivity contribution in [3.63, 3.8) is 0 Å². The Morgan fingerprint density at radius 2 is 2.06 bits per heavy atom. The van der Waals surface area contributed by atoms with Crippen LogP contribution in [0, 0.1) is 0 Å². The first kappa shape index (κ1) is 14.3. The van der Waals surface area contributed by atoms with Crippen LogP contribution in [0.4, 0.5) is 0 Å². The minimum absolute atomic E-state index is 0. The summed E-state index contributed by atoms with van der Waals surface area (Å²) in [5.74, 6) is -0.417. The average Bonchev–Trinajstić information content (AvgIpc) is 2.53. The van der Waals surface area contributed by atoms with Gasteiger partial charge >= 0.3 is 5.97 Å². The standard InChI is InChI=1S/C11H12BrNO3.ClH/c12-9-3-6-1-8(13)2-7(6)4-10(9)16-5-11(14)15;/h3-4,8H,1-2,5,13H2,(H,14,15);1H. The van der Waals surface area contributed by atoms with Crippen molar-refractivity contribution < 1.29 is 14.6 Å². The second kappa shape index (κ2) is 5.71. The smallest absolute Gasteiger partial charge is 0.341 e. The molecular formula is C11H13BrClNO3. The van der Waals surface area contributed by atoms with Gasteiger partial charge in [0.25, 0.3) is 0 Å². The maximum Gasteiger partial charge on any atom is 0.341 e. The molecule has 0 aliphatic heterocycles. The van der Waals surface area contributed by atoms with E-state index in [-0.39, 0.29) is 25.1 Å². The molecule has 1 aliphatic carbocycles. The topological polar surface area (TPSA) is 72.5 Å². The van der Waals surface area contributed by atoms with Gasteiger partial charge in [0.05, 0.1) is 4.47 Å². The maximum atomic E-state index is 10.4. The molecule has 6 heteroatoms. The van der Waals surface area contributed by atoms with E-state index >= 15 is 0 Å². The molecule has 4 nitrogen and oxygen atoms in total. The molecular weight excluding hydrogens is 309 g/mol. The molecule has 0 radical (unpaired) electrons. The van der Waals surface area contributed by atoms with Crippen LogP contribution in [0.5, 0.6) is 5.75 Å². The molecule has 2 rings (SSSR count). The Labute approximate surface area is 114 Å². The summed E-state index contributed by atoms with van der Waals surface area (Å²) in [5.41, 5.74) is 8.22. The molecule has 3 N–H and O–H groups in total. The van der Waals surface area contributed by atoms with Crippen LogP contribution >= 0.6 is 28.3 Å². The Bertz CT molecular complexity index is 439. The van der Waals surface area contributed by atoms with Gasteiger partial charge in [-0.05, 0) is 52.0 Å². The lowest BCUT2D eigenvalue weighted by atomic mass is 10.1. The van der Waals surface area contributed by atoms with Crippen LogP contribution in [-0.2, 0) is 17.6 Å². The van der Waals surface area contributed by atoms with Gasteiger partial charge in [-0.25, -0.2) is 4.79 Å². The van der Waals surface area contributed by atoms with Gasteiger partial charge in [-0.1, -0.05) is 0 Å². The van der Waals surface area contributed by atoms with Crippen molar-refractivity contribution in [3.8, 4) is 5.75 Å². The molecule has 1 unspecified atom stereocenters. The van der Waals surface area contributed by atoms with Crippen molar-refractivity contribution in [3.05, 3.63) is 27.7 Å². The van der Waals surface area contributed by atoms with E-state index in [2.05, 4.69) is 15.9 Å². The third-order valence-corrected chi connectivity index (χ3v) is 3.19. The number of hydrogen-bond acceptors (Lipinski definition) is 3. The van der Waals surface area contributed by atoms with Gasteiger partial charge in [0, 0.05) is 6.04 Å². The molecule has 17 heavy (non-hydrogen) atoms. The van der Waals surface area contributed by atoms with Crippen molar-refractivity contribution in [1.82, 2.24) is 0 Å². The van der Waals surface area contributed by atoms with Crippen molar-refractivity contribution in [1.29, 1.82) is 0 Å². The molecule has 1 aromatic rings. The van der Waals surface area contributed by atoms with Gasteiger partial charge in [-0.15, -0.1) is 12.4 Å². The molecule has 0 amide bonds. The van der Waals surface area contributed by atoms with E-state index in [1.807, 2.05) is 12.1 Å². The zero-order valence-electron chi connectivity index (χ0n) is 8.98. The maximum absolute atomic E-state index is 10.4. The highest BCUT2D eigenvalue weighted by atomic mass is 79.9. The molecule has 0 spiro atoms. The Hall–Kier alpha value is -0.780. The largest absolute Gasteiger partial charge is 0.481 e. The van der Waals surface area contributed by atoms with Gasteiger partial charge in [0.15, 0.2) is 6.61 Å². The summed E-state index contributed by atoms with van der Waals surface area (Å²) < 4.78 is 5.95. The molecule has 1 atom stereocenters. The first-order chi connectivity index (χ1) is 7.56. The molecule has 1 aromatic carbocycles. The van der Waals surface area contributed by atoms with Crippen LogP contribution in [0.3, 0.4) is 0 Å². The fourth-order valence-corrected chi connectivity index (χ4v) is 2.41. The molecule has 0 aromatic heterocycles. The van der Waals surface area contributed by atoms with E-state index < -0.39 is 5.97 Å². The van der Waals surface area contributed by atoms with Crippen molar-refractivity contribution in [2.75, 3.05) is 6.61 Å². The summed E-state index contributed by atoms with van der Waals surface area (Å²) in [6, 6.07) is 3.99. The summed E-state index contributed by atoms with van der Waals surface area (Å²) in [4.78, 5) is 10.4. The minimum atomic E-state index is -0.982. The zero-order chi connectivity index (χ0) is 11.7. The lowest BCUT2D eigenvalue weighted by molar-refractivity contribution is -0.139. The van der Waals surface area contributed by atoms with Gasteiger partial charge in [0.2, 0.25) is 0 Å². The molecule has 0 heterocycles. The third kappa shape index (κ3) is 3.34. The second-order valence-corrected chi connectivity index (χ2v) is 4.76. The summed E-state index contributed by atoms with van der Waals surface area (Å²) in [6.45, 7) is -0.330. The number of nitrogens with two attached hydrogens (primary N) is 1. The zero-order valence-corrected chi connectivity index (χ0v) is 11.4. The van der Waals surface area contributed by atoms with Crippen LogP contribution in [0.1, 0.15) is 11.1 Å². The Balaban J connectivity index is 0.00000144. The number of fused-ring (bicyclic) bond motifs is 1. The fraction of sp³-hybridized carbons (Fsp3) is 0.364. The summed E-state index contributed by atoms with van der Waals surface area (Å²) in [7, 11) is 0. The summed E-state index contributed by atoms with van der Waals surface area (Å²) in [5, 5.41) is 8.54. The van der Waals surface area contributed by atoms with Gasteiger partial charge in [-0.3, -0.25) is 0 Å². The van der Waals surface area contributed by atoms with Crippen LogP contribution in [-0.4, -0.2) is 23.7 Å². The molecule has 0 fully saturated rings. The van der Waals surface area contributed by atoms with Crippen molar-refractivity contribution >= 4 is 34.3 Å². The van der Waals surface area contributed by atoms with E-state index in [1.165, 1.54) is 5.56 Å². The van der Waals surface area contributed by atoms with E-state index in [0.29, 0.717) is 5.75 Å². The second-order valence-electron chi connectivity index (χ2n) is 3.90. The Kier molecular flexibility index (Phi) is 4.80. The van der Waals surface area contributed by atoms with Crippen LogP contribution < -0.4 is 10.5 Å². The molecule has 0 saturated carbocycles. The number of hydrogen-bond donors (Lipinski definition) is 2. The molecule has 0 bridgehead atoms.